The van der Waals surface area contributed by atoms with Gasteiger partial charge in [0, 0.05) is 6.20 Å². The first kappa shape index (κ1) is 7.24. The molecule has 0 amide bonds. The van der Waals surface area contributed by atoms with Crippen molar-refractivity contribution in [1.29, 1.82) is 0 Å². The van der Waals surface area contributed by atoms with Crippen LogP contribution in [0.25, 0.3) is 10.6 Å². The first-order valence-corrected chi connectivity index (χ1v) is 4.30. The first-order valence-electron chi connectivity index (χ1n) is 3.42. The molecule has 2 heterocycles. The van der Waals surface area contributed by atoms with Gasteiger partial charge in [0.2, 0.25) is 0 Å². The predicted octanol–water partition coefficient (Wildman–Crippen LogP) is 1.91. The van der Waals surface area contributed by atoms with Gasteiger partial charge in [0.1, 0.15) is 11.4 Å². The number of aromatic nitrogens is 2. The molecule has 60 valence electrons. The molecule has 0 aliphatic heterocycles. The van der Waals surface area contributed by atoms with Gasteiger partial charge in [-0.1, -0.05) is 0 Å². The molecule has 0 unspecified atom stereocenters. The van der Waals surface area contributed by atoms with Crippen molar-refractivity contribution in [2.45, 2.75) is 0 Å². The summed E-state index contributed by atoms with van der Waals surface area (Å²) in [7, 11) is 0. The van der Waals surface area contributed by atoms with E-state index in [1.807, 2.05) is 11.4 Å². The molecule has 2 aromatic heterocycles. The van der Waals surface area contributed by atoms with Crippen LogP contribution in [0.1, 0.15) is 0 Å². The van der Waals surface area contributed by atoms with Crippen molar-refractivity contribution in [2.24, 2.45) is 0 Å². The number of hydrogen-bond acceptors (Lipinski definition) is 4. The minimum atomic E-state index is 0.264. The van der Waals surface area contributed by atoms with Crippen LogP contribution >= 0.6 is 11.3 Å². The molecule has 0 aromatic carbocycles. The molecule has 0 spiro atoms. The van der Waals surface area contributed by atoms with Gasteiger partial charge in [-0.05, 0) is 23.6 Å². The number of rotatable bonds is 1. The predicted molar refractivity (Wildman–Crippen MR) is 47.0 cm³/mol. The average molecular weight is 178 g/mol. The van der Waals surface area contributed by atoms with Crippen LogP contribution in [0.2, 0.25) is 0 Å². The second-order valence-corrected chi connectivity index (χ2v) is 3.16. The molecular weight excluding hydrogens is 172 g/mol. The van der Waals surface area contributed by atoms with Gasteiger partial charge < -0.3 is 5.11 Å². The van der Waals surface area contributed by atoms with Crippen molar-refractivity contribution >= 4 is 11.3 Å². The van der Waals surface area contributed by atoms with Gasteiger partial charge in [-0.2, -0.15) is 5.10 Å². The summed E-state index contributed by atoms with van der Waals surface area (Å²) in [6.07, 6.45) is 1.61. The standard InChI is InChI=1S/C8H6N2OS/c11-7-3-5-12-8(7)6-2-1-4-9-10-6/h1-5,11H. The Morgan fingerprint density at radius 3 is 2.83 bits per heavy atom. The van der Waals surface area contributed by atoms with Crippen molar-refractivity contribution in [3.63, 3.8) is 0 Å². The molecule has 1 N–H and O–H groups in total. The van der Waals surface area contributed by atoms with Crippen molar-refractivity contribution in [1.82, 2.24) is 10.2 Å². The van der Waals surface area contributed by atoms with Crippen LogP contribution in [0.5, 0.6) is 5.75 Å². The zero-order valence-corrected chi connectivity index (χ0v) is 6.95. The summed E-state index contributed by atoms with van der Waals surface area (Å²) < 4.78 is 0. The summed E-state index contributed by atoms with van der Waals surface area (Å²) in [6, 6.07) is 5.26. The highest BCUT2D eigenvalue weighted by molar-refractivity contribution is 7.13. The van der Waals surface area contributed by atoms with E-state index >= 15 is 0 Å². The van der Waals surface area contributed by atoms with E-state index in [2.05, 4.69) is 10.2 Å². The Morgan fingerprint density at radius 1 is 1.33 bits per heavy atom. The van der Waals surface area contributed by atoms with E-state index in [0.717, 1.165) is 4.88 Å². The van der Waals surface area contributed by atoms with E-state index in [-0.39, 0.29) is 5.75 Å². The molecule has 4 heteroatoms. The van der Waals surface area contributed by atoms with E-state index in [0.29, 0.717) is 5.69 Å². The Balaban J connectivity index is 2.51. The van der Waals surface area contributed by atoms with E-state index in [9.17, 15) is 5.11 Å². The molecule has 0 aliphatic carbocycles. The molecule has 0 bridgehead atoms. The lowest BCUT2D eigenvalue weighted by atomic mass is 10.3. The summed E-state index contributed by atoms with van der Waals surface area (Å²) in [5.74, 6) is 0.264. The molecule has 0 saturated heterocycles. The van der Waals surface area contributed by atoms with Gasteiger partial charge in [0.15, 0.2) is 0 Å². The molecule has 0 fully saturated rings. The minimum Gasteiger partial charge on any atom is -0.506 e. The van der Waals surface area contributed by atoms with Gasteiger partial charge in [0.05, 0.1) is 4.88 Å². The first-order chi connectivity index (χ1) is 5.88. The fourth-order valence-electron chi connectivity index (χ4n) is 0.917. The molecule has 2 rings (SSSR count). The quantitative estimate of drug-likeness (QED) is 0.725. The topological polar surface area (TPSA) is 46.0 Å². The fourth-order valence-corrected chi connectivity index (χ4v) is 1.67. The average Bonchev–Trinajstić information content (AvgIpc) is 2.53. The van der Waals surface area contributed by atoms with Crippen LogP contribution in [-0.4, -0.2) is 15.3 Å². The van der Waals surface area contributed by atoms with Gasteiger partial charge in [-0.3, -0.25) is 0 Å². The van der Waals surface area contributed by atoms with E-state index in [1.54, 1.807) is 18.3 Å². The second-order valence-electron chi connectivity index (χ2n) is 2.24. The monoisotopic (exact) mass is 178 g/mol. The summed E-state index contributed by atoms with van der Waals surface area (Å²) in [4.78, 5) is 0.767. The zero-order chi connectivity index (χ0) is 8.39. The van der Waals surface area contributed by atoms with Crippen LogP contribution in [0, 0.1) is 0 Å². The Labute approximate surface area is 73.3 Å². The van der Waals surface area contributed by atoms with Crippen molar-refractivity contribution < 1.29 is 5.11 Å². The molecule has 2 aromatic rings. The highest BCUT2D eigenvalue weighted by Crippen LogP contribution is 2.32. The van der Waals surface area contributed by atoms with Crippen molar-refractivity contribution in [3.8, 4) is 16.3 Å². The molecule has 3 nitrogen and oxygen atoms in total. The van der Waals surface area contributed by atoms with Crippen LogP contribution in [0.15, 0.2) is 29.8 Å². The van der Waals surface area contributed by atoms with Gasteiger partial charge >= 0.3 is 0 Å². The summed E-state index contributed by atoms with van der Waals surface area (Å²) in [6.45, 7) is 0. The number of nitrogens with zero attached hydrogens (tertiary/aromatic N) is 2. The Kier molecular flexibility index (Phi) is 1.75. The summed E-state index contributed by atoms with van der Waals surface area (Å²) in [5.41, 5.74) is 0.713. The second kappa shape index (κ2) is 2.91. The largest absolute Gasteiger partial charge is 0.506 e. The lowest BCUT2D eigenvalue weighted by Crippen LogP contribution is -1.82. The Morgan fingerprint density at radius 2 is 2.25 bits per heavy atom. The maximum Gasteiger partial charge on any atom is 0.135 e. The lowest BCUT2D eigenvalue weighted by Gasteiger charge is -1.94. The summed E-state index contributed by atoms with van der Waals surface area (Å²) in [5, 5.41) is 18.8. The normalized spacial score (nSPS) is 10.0. The van der Waals surface area contributed by atoms with E-state index < -0.39 is 0 Å². The number of hydrogen-bond donors (Lipinski definition) is 1. The van der Waals surface area contributed by atoms with E-state index in [1.165, 1.54) is 11.3 Å². The lowest BCUT2D eigenvalue weighted by molar-refractivity contribution is 0.479. The van der Waals surface area contributed by atoms with Crippen molar-refractivity contribution in [2.75, 3.05) is 0 Å². The molecule has 0 atom stereocenters. The third kappa shape index (κ3) is 1.16. The highest BCUT2D eigenvalue weighted by atomic mass is 32.1. The molecule has 0 aliphatic rings. The summed E-state index contributed by atoms with van der Waals surface area (Å²) >= 11 is 1.45. The third-order valence-corrected chi connectivity index (χ3v) is 2.38. The van der Waals surface area contributed by atoms with Crippen LogP contribution in [0.4, 0.5) is 0 Å². The maximum atomic E-state index is 9.35. The SMILES string of the molecule is Oc1ccsc1-c1cccnn1. The smallest absolute Gasteiger partial charge is 0.135 e. The van der Waals surface area contributed by atoms with Crippen LogP contribution in [-0.2, 0) is 0 Å². The minimum absolute atomic E-state index is 0.264. The molecule has 0 radical (unpaired) electrons. The molecule has 12 heavy (non-hydrogen) atoms. The zero-order valence-electron chi connectivity index (χ0n) is 6.14. The number of thiophene rings is 1. The van der Waals surface area contributed by atoms with Crippen molar-refractivity contribution in [3.05, 3.63) is 29.8 Å². The fraction of sp³-hybridized carbons (Fsp3) is 0. The molecule has 0 saturated carbocycles. The number of aromatic hydroxyl groups is 1. The third-order valence-electron chi connectivity index (χ3n) is 1.45. The maximum absolute atomic E-state index is 9.35. The molecular formula is C8H6N2OS. The van der Waals surface area contributed by atoms with E-state index in [4.69, 9.17) is 0 Å². The van der Waals surface area contributed by atoms with Crippen LogP contribution in [0.3, 0.4) is 0 Å². The van der Waals surface area contributed by atoms with Crippen LogP contribution < -0.4 is 0 Å². The van der Waals surface area contributed by atoms with Gasteiger partial charge in [0.25, 0.3) is 0 Å². The Bertz CT molecular complexity index is 372. The van der Waals surface area contributed by atoms with Gasteiger partial charge in [-0.15, -0.1) is 16.4 Å². The highest BCUT2D eigenvalue weighted by Gasteiger charge is 2.05. The Hall–Kier alpha value is -1.42. The van der Waals surface area contributed by atoms with Gasteiger partial charge in [-0.25, -0.2) is 0 Å².